The van der Waals surface area contributed by atoms with E-state index in [-0.39, 0.29) is 0 Å². The summed E-state index contributed by atoms with van der Waals surface area (Å²) in [6.07, 6.45) is 1.13. The highest BCUT2D eigenvalue weighted by atomic mass is 14.8. The highest BCUT2D eigenvalue weighted by Crippen LogP contribution is 2.08. The van der Waals surface area contributed by atoms with E-state index in [0.717, 1.165) is 19.5 Å². The molecule has 1 N–H and O–H groups in total. The molecule has 94 valence electrons. The average molecular weight is 223 g/mol. The molecule has 0 aliphatic carbocycles. The molecule has 0 aliphatic heterocycles. The molecule has 0 spiro atoms. The van der Waals surface area contributed by atoms with Crippen LogP contribution >= 0.6 is 0 Å². The second-order valence-electron chi connectivity index (χ2n) is 2.90. The van der Waals surface area contributed by atoms with Gasteiger partial charge < -0.3 is 5.32 Å². The van der Waals surface area contributed by atoms with Gasteiger partial charge in [0, 0.05) is 6.54 Å². The number of benzene rings is 1. The Balaban J connectivity index is 0. The number of hydrogen-bond acceptors (Lipinski definition) is 1. The molecule has 0 aliphatic rings. The largest absolute Gasteiger partial charge is 0.313 e. The van der Waals surface area contributed by atoms with Crippen molar-refractivity contribution in [2.45, 2.75) is 54.5 Å². The van der Waals surface area contributed by atoms with E-state index in [0.29, 0.717) is 0 Å². The minimum Gasteiger partial charge on any atom is -0.313 e. The maximum Gasteiger partial charge on any atom is 0.0208 e. The van der Waals surface area contributed by atoms with E-state index in [1.54, 1.807) is 0 Å². The third-order valence-electron chi connectivity index (χ3n) is 2.06. The monoisotopic (exact) mass is 223 g/mol. The van der Waals surface area contributed by atoms with Crippen molar-refractivity contribution in [2.75, 3.05) is 6.54 Å². The van der Waals surface area contributed by atoms with Crippen molar-refractivity contribution in [2.24, 2.45) is 0 Å². The summed E-state index contributed by atoms with van der Waals surface area (Å²) in [4.78, 5) is 0. The van der Waals surface area contributed by atoms with Gasteiger partial charge in [-0.2, -0.15) is 0 Å². The van der Waals surface area contributed by atoms with Crippen molar-refractivity contribution in [3.05, 3.63) is 35.4 Å². The fourth-order valence-corrected chi connectivity index (χ4v) is 1.33. The first kappa shape index (κ1) is 17.6. The molecular weight excluding hydrogens is 194 g/mol. The molecule has 0 amide bonds. The Morgan fingerprint density at radius 2 is 1.38 bits per heavy atom. The molecule has 1 rings (SSSR count). The van der Waals surface area contributed by atoms with Crippen LogP contribution in [0.15, 0.2) is 24.3 Å². The van der Waals surface area contributed by atoms with Crippen LogP contribution < -0.4 is 5.32 Å². The number of hydrogen-bond donors (Lipinski definition) is 1. The molecule has 0 radical (unpaired) electrons. The number of rotatable bonds is 4. The van der Waals surface area contributed by atoms with Crippen LogP contribution in [0, 0.1) is 0 Å². The quantitative estimate of drug-likeness (QED) is 0.797. The average Bonchev–Trinajstić information content (AvgIpc) is 2.41. The lowest BCUT2D eigenvalue weighted by molar-refractivity contribution is 0.720. The van der Waals surface area contributed by atoms with Crippen molar-refractivity contribution < 1.29 is 0 Å². The second-order valence-corrected chi connectivity index (χ2v) is 2.90. The van der Waals surface area contributed by atoms with E-state index in [1.807, 2.05) is 27.7 Å². The summed E-state index contributed by atoms with van der Waals surface area (Å²) in [6.45, 7) is 14.4. The predicted octanol–water partition coefficient (Wildman–Crippen LogP) is 4.41. The Kier molecular flexibility index (Phi) is 15.6. The SMILES string of the molecule is CC.CC.CCNCc1ccccc1CC. The lowest BCUT2D eigenvalue weighted by Gasteiger charge is -2.06. The topological polar surface area (TPSA) is 12.0 Å². The van der Waals surface area contributed by atoms with E-state index in [2.05, 4.69) is 43.4 Å². The van der Waals surface area contributed by atoms with E-state index < -0.39 is 0 Å². The van der Waals surface area contributed by atoms with Crippen LogP contribution in [0.2, 0.25) is 0 Å². The van der Waals surface area contributed by atoms with Crippen molar-refractivity contribution in [1.82, 2.24) is 5.32 Å². The number of nitrogens with one attached hydrogen (secondary N) is 1. The third-order valence-corrected chi connectivity index (χ3v) is 2.06. The molecule has 0 saturated carbocycles. The maximum atomic E-state index is 3.34. The molecule has 1 nitrogen and oxygen atoms in total. The summed E-state index contributed by atoms with van der Waals surface area (Å²) in [5.74, 6) is 0. The molecule has 0 fully saturated rings. The van der Waals surface area contributed by atoms with Gasteiger partial charge in [-0.15, -0.1) is 0 Å². The Morgan fingerprint density at radius 3 is 1.81 bits per heavy atom. The van der Waals surface area contributed by atoms with Crippen molar-refractivity contribution >= 4 is 0 Å². The van der Waals surface area contributed by atoms with Gasteiger partial charge in [-0.3, -0.25) is 0 Å². The predicted molar refractivity (Wildman–Crippen MR) is 75.9 cm³/mol. The van der Waals surface area contributed by atoms with Crippen molar-refractivity contribution in [3.63, 3.8) is 0 Å². The molecule has 16 heavy (non-hydrogen) atoms. The van der Waals surface area contributed by atoms with Crippen LogP contribution in [0.4, 0.5) is 0 Å². The minimum absolute atomic E-state index is 1.00. The van der Waals surface area contributed by atoms with Gasteiger partial charge in [0.2, 0.25) is 0 Å². The van der Waals surface area contributed by atoms with Crippen LogP contribution in [-0.4, -0.2) is 6.54 Å². The highest BCUT2D eigenvalue weighted by molar-refractivity contribution is 5.26. The van der Waals surface area contributed by atoms with E-state index >= 15 is 0 Å². The summed E-state index contributed by atoms with van der Waals surface area (Å²) in [6, 6.07) is 8.61. The smallest absolute Gasteiger partial charge is 0.0208 e. The van der Waals surface area contributed by atoms with Gasteiger partial charge in [0.15, 0.2) is 0 Å². The Morgan fingerprint density at radius 1 is 0.875 bits per heavy atom. The zero-order valence-electron chi connectivity index (χ0n) is 11.9. The van der Waals surface area contributed by atoms with Gasteiger partial charge in [0.05, 0.1) is 0 Å². The summed E-state index contributed by atoms with van der Waals surface area (Å²) in [5.41, 5.74) is 2.89. The normalized spacial score (nSPS) is 8.38. The molecular formula is C15H29N. The third kappa shape index (κ3) is 7.47. The molecule has 0 aromatic heterocycles. The maximum absolute atomic E-state index is 3.34. The zero-order chi connectivity index (χ0) is 12.8. The summed E-state index contributed by atoms with van der Waals surface area (Å²) >= 11 is 0. The first-order chi connectivity index (χ1) is 7.88. The van der Waals surface area contributed by atoms with Crippen molar-refractivity contribution in [3.8, 4) is 0 Å². The van der Waals surface area contributed by atoms with Crippen LogP contribution in [-0.2, 0) is 13.0 Å². The molecule has 1 heteroatoms. The lowest BCUT2D eigenvalue weighted by atomic mass is 10.1. The minimum atomic E-state index is 1.00. The molecule has 0 atom stereocenters. The molecule has 1 aromatic rings. The summed E-state index contributed by atoms with van der Waals surface area (Å²) < 4.78 is 0. The van der Waals surface area contributed by atoms with Gasteiger partial charge >= 0.3 is 0 Å². The Bertz CT molecular complexity index is 231. The molecule has 0 heterocycles. The fourth-order valence-electron chi connectivity index (χ4n) is 1.33. The Hall–Kier alpha value is -0.820. The Labute approximate surface area is 102 Å². The highest BCUT2D eigenvalue weighted by Gasteiger charge is 1.96. The van der Waals surface area contributed by atoms with Crippen LogP contribution in [0.25, 0.3) is 0 Å². The molecule has 1 aromatic carbocycles. The summed E-state index contributed by atoms with van der Waals surface area (Å²) in [7, 11) is 0. The van der Waals surface area contributed by atoms with E-state index in [9.17, 15) is 0 Å². The van der Waals surface area contributed by atoms with Crippen LogP contribution in [0.1, 0.15) is 52.7 Å². The van der Waals surface area contributed by atoms with Crippen LogP contribution in [0.3, 0.4) is 0 Å². The summed E-state index contributed by atoms with van der Waals surface area (Å²) in [5, 5.41) is 3.34. The first-order valence-electron chi connectivity index (χ1n) is 6.66. The van der Waals surface area contributed by atoms with Gasteiger partial charge in [-0.25, -0.2) is 0 Å². The van der Waals surface area contributed by atoms with Crippen LogP contribution in [0.5, 0.6) is 0 Å². The van der Waals surface area contributed by atoms with E-state index in [4.69, 9.17) is 0 Å². The first-order valence-corrected chi connectivity index (χ1v) is 6.66. The molecule has 0 unspecified atom stereocenters. The lowest BCUT2D eigenvalue weighted by Crippen LogP contribution is -2.12. The van der Waals surface area contributed by atoms with Gasteiger partial charge in [-0.1, -0.05) is 65.8 Å². The molecule has 0 saturated heterocycles. The van der Waals surface area contributed by atoms with Gasteiger partial charge in [0.25, 0.3) is 0 Å². The standard InChI is InChI=1S/C11H17N.2C2H6/c1-3-10-7-5-6-8-11(10)9-12-4-2;2*1-2/h5-8,12H,3-4,9H2,1-2H3;2*1-2H3. The van der Waals surface area contributed by atoms with Crippen molar-refractivity contribution in [1.29, 1.82) is 0 Å². The molecule has 0 bridgehead atoms. The van der Waals surface area contributed by atoms with E-state index in [1.165, 1.54) is 11.1 Å². The zero-order valence-corrected chi connectivity index (χ0v) is 11.9. The van der Waals surface area contributed by atoms with Gasteiger partial charge in [0.1, 0.15) is 0 Å². The van der Waals surface area contributed by atoms with Gasteiger partial charge in [-0.05, 0) is 24.1 Å². The number of aryl methyl sites for hydroxylation is 1. The fraction of sp³-hybridized carbons (Fsp3) is 0.600. The second kappa shape index (κ2) is 14.2.